The minimum absolute atomic E-state index is 0.0228. The zero-order valence-electron chi connectivity index (χ0n) is 21.5. The number of carbonyl (C=O) groups is 3. The number of nitriles is 1. The maximum Gasteiger partial charge on any atom is 0.508 e. The Morgan fingerprint density at radius 3 is 2.41 bits per heavy atom. The van der Waals surface area contributed by atoms with Crippen LogP contribution in [0.3, 0.4) is 0 Å². The molecule has 3 atom stereocenters. The number of hydrogen-bond donors (Lipinski definition) is 1. The van der Waals surface area contributed by atoms with E-state index in [1.54, 1.807) is 31.2 Å². The van der Waals surface area contributed by atoms with Gasteiger partial charge in [-0.25, -0.2) is 9.59 Å². The van der Waals surface area contributed by atoms with Gasteiger partial charge in [0.2, 0.25) is 5.91 Å². The summed E-state index contributed by atoms with van der Waals surface area (Å²) in [5.41, 5.74) is 3.92. The first kappa shape index (κ1) is 27.4. The number of β-lactam (4-membered cyclic amide) rings is 1. The Morgan fingerprint density at radius 1 is 1.10 bits per heavy atom. The number of carbonyl (C=O) groups excluding carboxylic acids is 3. The van der Waals surface area contributed by atoms with Crippen LogP contribution in [0.25, 0.3) is 16.7 Å². The van der Waals surface area contributed by atoms with Gasteiger partial charge in [0.1, 0.15) is 25.0 Å². The van der Waals surface area contributed by atoms with Crippen LogP contribution in [0.2, 0.25) is 0 Å². The molecule has 1 N–H and O–H groups in total. The normalized spacial score (nSPS) is 18.4. The first-order valence-electron chi connectivity index (χ1n) is 12.4. The van der Waals surface area contributed by atoms with Crippen LogP contribution >= 0.6 is 0 Å². The summed E-state index contributed by atoms with van der Waals surface area (Å²) in [6, 6.07) is 14.2. The second-order valence-electron chi connectivity index (χ2n) is 9.16. The predicted molar refractivity (Wildman–Crippen MR) is 141 cm³/mol. The van der Waals surface area contributed by atoms with Gasteiger partial charge in [-0.15, -0.1) is 0 Å². The van der Waals surface area contributed by atoms with Crippen LogP contribution in [0.15, 0.2) is 73.5 Å². The molecular weight excluding hydrogens is 500 g/mol. The summed E-state index contributed by atoms with van der Waals surface area (Å²) in [4.78, 5) is 39.8. The minimum atomic E-state index is -0.913. The number of esters is 1. The summed E-state index contributed by atoms with van der Waals surface area (Å²) in [5.74, 6) is -1.75. The lowest BCUT2D eigenvalue weighted by Gasteiger charge is -2.45. The molecule has 0 unspecified atom stereocenters. The molecule has 200 valence electrons. The monoisotopic (exact) mass is 528 g/mol. The highest BCUT2D eigenvalue weighted by molar-refractivity contribution is 6.07. The first-order chi connectivity index (χ1) is 18.8. The molecule has 2 aliphatic heterocycles. The number of hydrogen-bond acceptors (Lipinski definition) is 8. The molecule has 9 heteroatoms. The fourth-order valence-electron chi connectivity index (χ4n) is 4.93. The molecule has 0 aromatic heterocycles. The van der Waals surface area contributed by atoms with Crippen LogP contribution in [-0.2, 0) is 30.4 Å². The van der Waals surface area contributed by atoms with Gasteiger partial charge in [0.05, 0.1) is 30.2 Å². The predicted octanol–water partition coefficient (Wildman–Crippen LogP) is 4.12. The second-order valence-corrected chi connectivity index (χ2v) is 9.16. The number of nitrogens with zero attached hydrogens (tertiary/aromatic N) is 2. The molecule has 39 heavy (non-hydrogen) atoms. The van der Waals surface area contributed by atoms with Gasteiger partial charge in [-0.05, 0) is 59.4 Å². The lowest BCUT2D eigenvalue weighted by molar-refractivity contribution is -0.162. The Hall–Kier alpha value is -4.68. The Kier molecular flexibility index (Phi) is 8.27. The van der Waals surface area contributed by atoms with E-state index in [4.69, 9.17) is 14.2 Å². The van der Waals surface area contributed by atoms with Gasteiger partial charge in [-0.2, -0.15) is 5.26 Å². The van der Waals surface area contributed by atoms with Crippen molar-refractivity contribution in [1.82, 2.24) is 4.90 Å². The zero-order valence-corrected chi connectivity index (χ0v) is 21.5. The number of aliphatic hydroxyl groups is 1. The van der Waals surface area contributed by atoms with E-state index in [0.717, 1.165) is 16.7 Å². The number of benzene rings is 2. The third-order valence-corrected chi connectivity index (χ3v) is 6.72. The number of rotatable bonds is 10. The molecule has 1 fully saturated rings. The molecule has 0 aliphatic carbocycles. The van der Waals surface area contributed by atoms with Crippen LogP contribution < -0.4 is 0 Å². The summed E-state index contributed by atoms with van der Waals surface area (Å²) in [5, 5.41) is 19.1. The van der Waals surface area contributed by atoms with Crippen molar-refractivity contribution >= 4 is 23.6 Å². The molecule has 0 spiro atoms. The van der Waals surface area contributed by atoms with Crippen LogP contribution in [0, 0.1) is 17.2 Å². The molecule has 2 aromatic rings. The quantitative estimate of drug-likeness (QED) is 0.277. The summed E-state index contributed by atoms with van der Waals surface area (Å²) in [6.07, 6.45) is 1.42. The van der Waals surface area contributed by atoms with E-state index >= 15 is 0 Å². The molecule has 2 heterocycles. The lowest BCUT2D eigenvalue weighted by atomic mass is 9.82. The van der Waals surface area contributed by atoms with Crippen LogP contribution in [0.4, 0.5) is 4.79 Å². The fraction of sp³-hybridized carbons (Fsp3) is 0.267. The Bertz CT molecular complexity index is 1390. The topological polar surface area (TPSA) is 126 Å². The number of fused-ring (bicyclic) bond motifs is 1. The molecular formula is C30H28N2O7. The second kappa shape index (κ2) is 11.8. The standard InChI is InChI=1S/C30H28N2O7/c1-4-10-37-29(35)27-24(15-25-26(28(34)32(25)27)18(3)39-30(36)38-11-5-2)23-13-20(16-31)12-22(14-23)21-8-6-19(17-33)7-9-21/h4-9,12-14,18,25-26,33H,1-2,10-11,15,17H2,3H3/t18-,25-,26-/m1/s1. The zero-order chi connectivity index (χ0) is 28.1. The molecule has 9 nitrogen and oxygen atoms in total. The van der Waals surface area contributed by atoms with Gasteiger partial charge < -0.3 is 24.2 Å². The summed E-state index contributed by atoms with van der Waals surface area (Å²) >= 11 is 0. The van der Waals surface area contributed by atoms with Crippen molar-refractivity contribution < 1.29 is 33.7 Å². The third-order valence-electron chi connectivity index (χ3n) is 6.72. The van der Waals surface area contributed by atoms with Crippen molar-refractivity contribution in [2.24, 2.45) is 5.92 Å². The highest BCUT2D eigenvalue weighted by Crippen LogP contribution is 2.48. The minimum Gasteiger partial charge on any atom is -0.457 e. The fourth-order valence-corrected chi connectivity index (χ4v) is 4.93. The summed E-state index contributed by atoms with van der Waals surface area (Å²) in [6.45, 7) is 8.50. The Labute approximate surface area is 226 Å². The van der Waals surface area contributed by atoms with Crippen molar-refractivity contribution in [3.05, 3.63) is 90.2 Å². The Balaban J connectivity index is 1.71. The van der Waals surface area contributed by atoms with Gasteiger partial charge in [0, 0.05) is 0 Å². The van der Waals surface area contributed by atoms with Crippen LogP contribution in [0.1, 0.15) is 30.0 Å². The van der Waals surface area contributed by atoms with Crippen molar-refractivity contribution in [3.8, 4) is 17.2 Å². The highest BCUT2D eigenvalue weighted by atomic mass is 16.7. The number of ether oxygens (including phenoxy) is 3. The van der Waals surface area contributed by atoms with E-state index in [2.05, 4.69) is 19.2 Å². The first-order valence-corrected chi connectivity index (χ1v) is 12.4. The number of aliphatic hydroxyl groups excluding tert-OH is 1. The smallest absolute Gasteiger partial charge is 0.457 e. The Morgan fingerprint density at radius 2 is 1.77 bits per heavy atom. The van der Waals surface area contributed by atoms with Gasteiger partial charge in [0.25, 0.3) is 0 Å². The van der Waals surface area contributed by atoms with Gasteiger partial charge in [0.15, 0.2) is 0 Å². The molecule has 1 amide bonds. The van der Waals surface area contributed by atoms with Crippen molar-refractivity contribution in [3.63, 3.8) is 0 Å². The SMILES string of the molecule is C=CCOC(=O)O[C@H](C)[C@H]1C(=O)N2C(C(=O)OCC=C)=C(c3cc(C#N)cc(-c4ccc(CO)cc4)c3)C[C@H]12. The van der Waals surface area contributed by atoms with E-state index in [1.807, 2.05) is 18.2 Å². The van der Waals surface area contributed by atoms with E-state index in [0.29, 0.717) is 23.1 Å². The van der Waals surface area contributed by atoms with Crippen molar-refractivity contribution in [2.75, 3.05) is 13.2 Å². The van der Waals surface area contributed by atoms with Crippen molar-refractivity contribution in [1.29, 1.82) is 5.26 Å². The van der Waals surface area contributed by atoms with E-state index < -0.39 is 30.2 Å². The van der Waals surface area contributed by atoms with E-state index in [9.17, 15) is 24.8 Å². The average Bonchev–Trinajstić information content (AvgIpc) is 3.29. The van der Waals surface area contributed by atoms with E-state index in [1.165, 1.54) is 17.1 Å². The molecule has 0 saturated carbocycles. The molecule has 4 rings (SSSR count). The van der Waals surface area contributed by atoms with Crippen LogP contribution in [0.5, 0.6) is 0 Å². The van der Waals surface area contributed by atoms with Gasteiger partial charge >= 0.3 is 12.1 Å². The molecule has 1 saturated heterocycles. The molecule has 2 aliphatic rings. The molecule has 2 aromatic carbocycles. The van der Waals surface area contributed by atoms with Gasteiger partial charge in [-0.3, -0.25) is 4.79 Å². The molecule has 0 bridgehead atoms. The summed E-state index contributed by atoms with van der Waals surface area (Å²) in [7, 11) is 0. The third kappa shape index (κ3) is 5.47. The maximum absolute atomic E-state index is 13.3. The van der Waals surface area contributed by atoms with E-state index in [-0.39, 0.29) is 31.4 Å². The summed E-state index contributed by atoms with van der Waals surface area (Å²) < 4.78 is 15.5. The number of amides is 1. The van der Waals surface area contributed by atoms with Gasteiger partial charge in [-0.1, -0.05) is 49.6 Å². The highest BCUT2D eigenvalue weighted by Gasteiger charge is 2.58. The maximum atomic E-state index is 13.3. The lowest BCUT2D eigenvalue weighted by Crippen LogP contribution is -2.62. The molecule has 0 radical (unpaired) electrons. The van der Waals surface area contributed by atoms with Crippen molar-refractivity contribution in [2.45, 2.75) is 32.1 Å². The average molecular weight is 529 g/mol. The van der Waals surface area contributed by atoms with Crippen LogP contribution in [-0.4, -0.2) is 53.4 Å². The largest absolute Gasteiger partial charge is 0.508 e.